The van der Waals surface area contributed by atoms with Crippen LogP contribution in [0.4, 0.5) is 15.8 Å². The van der Waals surface area contributed by atoms with Gasteiger partial charge in [0.2, 0.25) is 0 Å². The van der Waals surface area contributed by atoms with Crippen LogP contribution in [0.3, 0.4) is 0 Å². The van der Waals surface area contributed by atoms with Crippen molar-refractivity contribution in [1.82, 2.24) is 4.90 Å². The number of nitrogens with one attached hydrogen (secondary N) is 2. The number of benzene rings is 2. The fourth-order valence-corrected chi connectivity index (χ4v) is 4.47. The zero-order valence-corrected chi connectivity index (χ0v) is 17.6. The fourth-order valence-electron chi connectivity index (χ4n) is 4.47. The summed E-state index contributed by atoms with van der Waals surface area (Å²) in [6, 6.07) is 13.7. The van der Waals surface area contributed by atoms with E-state index >= 15 is 0 Å². The van der Waals surface area contributed by atoms with Crippen LogP contribution in [0.5, 0.6) is 0 Å². The minimum Gasteiger partial charge on any atom is -0.595 e. The summed E-state index contributed by atoms with van der Waals surface area (Å²) in [6.45, 7) is 3.95. The normalized spacial score (nSPS) is 20.6. The van der Waals surface area contributed by atoms with Crippen LogP contribution in [0.2, 0.25) is 0 Å². The topological polar surface area (TPSA) is 81.5 Å². The van der Waals surface area contributed by atoms with Gasteiger partial charge in [-0.1, -0.05) is 24.3 Å². The Morgan fingerprint density at radius 1 is 1.10 bits per heavy atom. The Balaban J connectivity index is 1.25. The molecule has 2 aliphatic heterocycles. The Labute approximate surface area is 181 Å². The molecule has 0 saturated carbocycles. The molecule has 2 aromatic rings. The predicted molar refractivity (Wildman–Crippen MR) is 115 cm³/mol. The van der Waals surface area contributed by atoms with Gasteiger partial charge in [0, 0.05) is 37.2 Å². The van der Waals surface area contributed by atoms with Gasteiger partial charge in [-0.2, -0.15) is 5.23 Å². The Morgan fingerprint density at radius 2 is 1.77 bits per heavy atom. The van der Waals surface area contributed by atoms with E-state index in [4.69, 9.17) is 9.47 Å². The molecule has 7 nitrogen and oxygen atoms in total. The average molecular weight is 432 g/mol. The van der Waals surface area contributed by atoms with Gasteiger partial charge in [0.05, 0.1) is 18.9 Å². The van der Waals surface area contributed by atoms with E-state index in [-0.39, 0.29) is 11.9 Å². The molecule has 2 aromatic carbocycles. The average Bonchev–Trinajstić information content (AvgIpc) is 3.26. The number of hydrogen-bond donors (Lipinski definition) is 3. The molecular formula is C23H30FN3O4. The summed E-state index contributed by atoms with van der Waals surface area (Å²) in [5.41, 5.74) is 1.87. The number of halogens is 1. The molecular weight excluding hydrogens is 401 g/mol. The molecule has 0 radical (unpaired) electrons. The zero-order valence-electron chi connectivity index (χ0n) is 17.6. The first-order chi connectivity index (χ1) is 15.1. The van der Waals surface area contributed by atoms with Gasteiger partial charge in [-0.25, -0.2) is 9.60 Å². The van der Waals surface area contributed by atoms with Crippen LogP contribution in [-0.2, 0) is 15.3 Å². The molecule has 8 heteroatoms. The number of nitrogens with zero attached hydrogens (tertiary/aromatic N) is 1. The van der Waals surface area contributed by atoms with Crippen LogP contribution >= 0.6 is 0 Å². The first-order valence-electron chi connectivity index (χ1n) is 10.9. The summed E-state index contributed by atoms with van der Waals surface area (Å²) in [7, 11) is 0. The van der Waals surface area contributed by atoms with E-state index in [0.717, 1.165) is 50.9 Å². The molecule has 1 atom stereocenters. The van der Waals surface area contributed by atoms with Gasteiger partial charge in [0.15, 0.2) is 11.5 Å². The number of rotatable bonds is 8. The van der Waals surface area contributed by atoms with Crippen LogP contribution in [0.1, 0.15) is 31.2 Å². The van der Waals surface area contributed by atoms with Crippen LogP contribution in [0, 0.1) is 11.0 Å². The summed E-state index contributed by atoms with van der Waals surface area (Å²) in [6.07, 6.45) is 3.56. The summed E-state index contributed by atoms with van der Waals surface area (Å²) < 4.78 is 25.2. The summed E-state index contributed by atoms with van der Waals surface area (Å²) in [4.78, 5) is 2.43. The van der Waals surface area contributed by atoms with Gasteiger partial charge < -0.3 is 24.9 Å². The lowest BCUT2D eigenvalue weighted by molar-refractivity contribution is -0.990. The van der Waals surface area contributed by atoms with Crippen molar-refractivity contribution >= 4 is 11.4 Å². The van der Waals surface area contributed by atoms with E-state index in [9.17, 15) is 14.8 Å². The molecule has 3 N–H and O–H groups in total. The Morgan fingerprint density at radius 3 is 2.45 bits per heavy atom. The monoisotopic (exact) mass is 431 g/mol. The molecule has 31 heavy (non-hydrogen) atoms. The highest BCUT2D eigenvalue weighted by molar-refractivity contribution is 5.61. The first kappa shape index (κ1) is 22.1. The van der Waals surface area contributed by atoms with Gasteiger partial charge in [-0.15, -0.1) is 0 Å². The quantitative estimate of drug-likeness (QED) is 0.558. The smallest absolute Gasteiger partial charge is 0.195 e. The molecule has 0 bridgehead atoms. The first-order valence-corrected chi connectivity index (χ1v) is 10.9. The van der Waals surface area contributed by atoms with Crippen molar-refractivity contribution in [3.8, 4) is 0 Å². The van der Waals surface area contributed by atoms with E-state index in [2.05, 4.69) is 10.2 Å². The highest BCUT2D eigenvalue weighted by atomic mass is 19.1. The Hall–Kier alpha value is -2.07. The Bertz CT molecular complexity index is 835. The van der Waals surface area contributed by atoms with Crippen LogP contribution in [0.25, 0.3) is 0 Å². The fraction of sp³-hybridized carbons (Fsp3) is 0.478. The van der Waals surface area contributed by atoms with E-state index in [1.807, 2.05) is 12.1 Å². The molecule has 0 aliphatic carbocycles. The lowest BCUT2D eigenvalue weighted by Crippen LogP contribution is -2.99. The molecule has 2 fully saturated rings. The second-order valence-corrected chi connectivity index (χ2v) is 8.17. The zero-order chi connectivity index (χ0) is 21.7. The highest BCUT2D eigenvalue weighted by Gasteiger charge is 2.38. The molecule has 4 rings (SSSR count). The minimum absolute atomic E-state index is 0.264. The molecule has 2 heterocycles. The third-order valence-corrected chi connectivity index (χ3v) is 6.12. The lowest BCUT2D eigenvalue weighted by Gasteiger charge is -2.34. The van der Waals surface area contributed by atoms with Crippen LogP contribution in [-0.4, -0.2) is 49.0 Å². The molecule has 168 valence electrons. The van der Waals surface area contributed by atoms with Crippen molar-refractivity contribution in [1.29, 1.82) is 0 Å². The number of para-hydroxylation sites is 2. The van der Waals surface area contributed by atoms with Crippen molar-refractivity contribution in [2.45, 2.75) is 37.5 Å². The molecule has 0 spiro atoms. The summed E-state index contributed by atoms with van der Waals surface area (Å²) in [5.74, 6) is -1.03. The Kier molecular flexibility index (Phi) is 7.16. The predicted octanol–water partition coefficient (Wildman–Crippen LogP) is 2.79. The number of ether oxygens (including phenoxy) is 2. The van der Waals surface area contributed by atoms with Crippen molar-refractivity contribution in [2.24, 2.45) is 0 Å². The summed E-state index contributed by atoms with van der Waals surface area (Å²) in [5, 5.41) is 23.3. The summed E-state index contributed by atoms with van der Waals surface area (Å²) >= 11 is 0. The van der Waals surface area contributed by atoms with Crippen molar-refractivity contribution < 1.29 is 24.3 Å². The van der Waals surface area contributed by atoms with Crippen molar-refractivity contribution in [2.75, 3.05) is 38.2 Å². The van der Waals surface area contributed by atoms with Gasteiger partial charge in [0.25, 0.3) is 0 Å². The highest BCUT2D eigenvalue weighted by Crippen LogP contribution is 2.36. The number of anilines is 1. The number of piperidine rings is 1. The van der Waals surface area contributed by atoms with Crippen molar-refractivity contribution in [3.63, 3.8) is 0 Å². The maximum Gasteiger partial charge on any atom is 0.195 e. The SMILES string of the molecule is [O-][NH+](O)c1ccccc1NC1CCN(CCCC2(c3ccc(F)cc3)OCCO2)CC1. The molecule has 2 aliphatic rings. The number of hydrogen-bond acceptors (Lipinski definition) is 6. The van der Waals surface area contributed by atoms with Gasteiger partial charge in [0.1, 0.15) is 5.82 Å². The van der Waals surface area contributed by atoms with Gasteiger partial charge in [-0.3, -0.25) is 0 Å². The standard InChI is InChI=1S/C23H30FN3O4/c24-19-8-6-18(7-9-19)23(30-16-17-31-23)12-3-13-26-14-10-20(11-15-26)25-21-4-1-2-5-22(21)27(28)29/h1-2,4-9,20,25,27-28H,3,10-17H2. The van der Waals surface area contributed by atoms with Gasteiger partial charge >= 0.3 is 0 Å². The second kappa shape index (κ2) is 10.0. The van der Waals surface area contributed by atoms with E-state index in [1.54, 1.807) is 24.3 Å². The molecule has 0 amide bonds. The second-order valence-electron chi connectivity index (χ2n) is 8.17. The number of likely N-dealkylation sites (tertiary alicyclic amines) is 1. The van der Waals surface area contributed by atoms with Gasteiger partial charge in [-0.05, 0) is 44.0 Å². The maximum absolute atomic E-state index is 13.3. The minimum atomic E-state index is -0.910. The van der Waals surface area contributed by atoms with E-state index < -0.39 is 11.0 Å². The number of quaternary nitrogens is 1. The van der Waals surface area contributed by atoms with Crippen LogP contribution < -0.4 is 10.5 Å². The maximum atomic E-state index is 13.3. The third kappa shape index (κ3) is 5.41. The molecule has 1 unspecified atom stereocenters. The van der Waals surface area contributed by atoms with E-state index in [0.29, 0.717) is 24.6 Å². The molecule has 2 saturated heterocycles. The van der Waals surface area contributed by atoms with Crippen molar-refractivity contribution in [3.05, 3.63) is 65.1 Å². The molecule has 0 aromatic heterocycles. The van der Waals surface area contributed by atoms with Crippen LogP contribution in [0.15, 0.2) is 48.5 Å². The lowest BCUT2D eigenvalue weighted by atomic mass is 9.99. The third-order valence-electron chi connectivity index (χ3n) is 6.12. The van der Waals surface area contributed by atoms with E-state index in [1.165, 1.54) is 12.1 Å². The largest absolute Gasteiger partial charge is 0.595 e.